The number of rotatable bonds is 6. The van der Waals surface area contributed by atoms with Crippen molar-refractivity contribution in [1.82, 2.24) is 15.5 Å². The molecule has 0 amide bonds. The van der Waals surface area contributed by atoms with E-state index < -0.39 is 0 Å². The van der Waals surface area contributed by atoms with E-state index >= 15 is 0 Å². The summed E-state index contributed by atoms with van der Waals surface area (Å²) in [6.07, 6.45) is 3.47. The van der Waals surface area contributed by atoms with Crippen molar-refractivity contribution in [3.63, 3.8) is 0 Å². The molecule has 1 saturated heterocycles. The minimum absolute atomic E-state index is 0. The number of nitrogens with zero attached hydrogens (tertiary/aromatic N) is 2. The summed E-state index contributed by atoms with van der Waals surface area (Å²) in [5.41, 5.74) is 2.49. The van der Waals surface area contributed by atoms with Crippen LogP contribution in [-0.2, 0) is 6.54 Å². The fraction of sp³-hybridized carbons (Fsp3) is 0.458. The Hall–Kier alpha value is -2.00. The number of aliphatic imine (C=N–C) groups is 1. The zero-order valence-corrected chi connectivity index (χ0v) is 20.5. The molecule has 1 unspecified atom stereocenters. The molecule has 2 aliphatic rings. The lowest BCUT2D eigenvalue weighted by atomic mass is 10.1. The summed E-state index contributed by atoms with van der Waals surface area (Å²) in [5, 5.41) is 6.96. The summed E-state index contributed by atoms with van der Waals surface area (Å²) in [7, 11) is 1.82. The maximum absolute atomic E-state index is 5.80. The second kappa shape index (κ2) is 12.1. The van der Waals surface area contributed by atoms with Gasteiger partial charge in [-0.25, -0.2) is 0 Å². The highest BCUT2D eigenvalue weighted by Gasteiger charge is 2.23. The van der Waals surface area contributed by atoms with Crippen LogP contribution in [0.4, 0.5) is 0 Å². The van der Waals surface area contributed by atoms with E-state index in [1.54, 1.807) is 0 Å². The highest BCUT2D eigenvalue weighted by Crippen LogP contribution is 2.30. The Bertz CT molecular complexity index is 841. The molecule has 2 aromatic carbocycles. The van der Waals surface area contributed by atoms with E-state index in [2.05, 4.69) is 63.0 Å². The van der Waals surface area contributed by atoms with E-state index in [9.17, 15) is 0 Å². The van der Waals surface area contributed by atoms with Gasteiger partial charge in [-0.3, -0.25) is 9.89 Å². The summed E-state index contributed by atoms with van der Waals surface area (Å²) >= 11 is 0. The number of hydrogen-bond acceptors (Lipinski definition) is 4. The molecule has 0 aromatic heterocycles. The van der Waals surface area contributed by atoms with Gasteiger partial charge in [0.25, 0.3) is 0 Å². The smallest absolute Gasteiger partial charge is 0.191 e. The van der Waals surface area contributed by atoms with Gasteiger partial charge < -0.3 is 20.1 Å². The second-order valence-corrected chi connectivity index (χ2v) is 7.81. The Morgan fingerprint density at radius 2 is 1.71 bits per heavy atom. The number of hydrogen-bond donors (Lipinski definition) is 2. The van der Waals surface area contributed by atoms with Crippen molar-refractivity contribution in [1.29, 1.82) is 0 Å². The Morgan fingerprint density at radius 3 is 2.45 bits per heavy atom. The summed E-state index contributed by atoms with van der Waals surface area (Å²) < 4.78 is 11.5. The first-order chi connectivity index (χ1) is 14.8. The molecule has 0 bridgehead atoms. The fourth-order valence-electron chi connectivity index (χ4n) is 4.10. The van der Waals surface area contributed by atoms with Crippen molar-refractivity contribution in [3.8, 4) is 11.5 Å². The third-order valence-electron chi connectivity index (χ3n) is 5.72. The molecule has 2 N–H and O–H groups in total. The molecule has 0 radical (unpaired) electrons. The van der Waals surface area contributed by atoms with E-state index in [-0.39, 0.29) is 24.0 Å². The zero-order valence-electron chi connectivity index (χ0n) is 18.2. The third-order valence-corrected chi connectivity index (χ3v) is 5.72. The van der Waals surface area contributed by atoms with Gasteiger partial charge in [-0.2, -0.15) is 0 Å². The molecule has 0 aliphatic carbocycles. The molecular weight excluding hydrogens is 503 g/mol. The molecular formula is C24H33IN4O2. The van der Waals surface area contributed by atoms with Gasteiger partial charge in [0.05, 0.1) is 19.3 Å². The van der Waals surface area contributed by atoms with Crippen molar-refractivity contribution >= 4 is 29.9 Å². The van der Waals surface area contributed by atoms with Gasteiger partial charge in [0.1, 0.15) is 0 Å². The fourth-order valence-corrected chi connectivity index (χ4v) is 4.10. The van der Waals surface area contributed by atoms with Crippen LogP contribution >= 0.6 is 24.0 Å². The predicted molar refractivity (Wildman–Crippen MR) is 136 cm³/mol. The minimum Gasteiger partial charge on any atom is -0.490 e. The molecule has 2 aromatic rings. The molecule has 6 nitrogen and oxygen atoms in total. The molecule has 1 fully saturated rings. The highest BCUT2D eigenvalue weighted by molar-refractivity contribution is 14.0. The number of benzene rings is 2. The average molecular weight is 536 g/mol. The second-order valence-electron chi connectivity index (χ2n) is 7.81. The highest BCUT2D eigenvalue weighted by atomic mass is 127. The Labute approximate surface area is 202 Å². The van der Waals surface area contributed by atoms with Gasteiger partial charge in [-0.1, -0.05) is 36.4 Å². The van der Waals surface area contributed by atoms with Crippen molar-refractivity contribution in [2.24, 2.45) is 4.99 Å². The van der Waals surface area contributed by atoms with Gasteiger partial charge in [0, 0.05) is 26.6 Å². The van der Waals surface area contributed by atoms with Crippen LogP contribution in [0.2, 0.25) is 0 Å². The van der Waals surface area contributed by atoms with Gasteiger partial charge >= 0.3 is 0 Å². The SMILES string of the molecule is CN=C(NCc1ccc2c(c1)OCCCO2)NCC(c1ccccc1)N1CCCC1.I. The first kappa shape index (κ1) is 23.7. The van der Waals surface area contributed by atoms with Gasteiger partial charge in [0.15, 0.2) is 17.5 Å². The molecule has 2 aliphatic heterocycles. The summed E-state index contributed by atoms with van der Waals surface area (Å²) in [6, 6.07) is 17.2. The molecule has 2 heterocycles. The molecule has 0 spiro atoms. The van der Waals surface area contributed by atoms with Crippen molar-refractivity contribution in [3.05, 3.63) is 59.7 Å². The maximum Gasteiger partial charge on any atom is 0.191 e. The van der Waals surface area contributed by atoms with Gasteiger partial charge in [-0.05, 0) is 49.2 Å². The lowest BCUT2D eigenvalue weighted by molar-refractivity contribution is 0.245. The summed E-state index contributed by atoms with van der Waals surface area (Å²) in [5.74, 6) is 2.46. The molecule has 168 valence electrons. The molecule has 0 saturated carbocycles. The number of ether oxygens (including phenoxy) is 2. The Balaban J connectivity index is 0.00000272. The van der Waals surface area contributed by atoms with E-state index in [1.165, 1.54) is 18.4 Å². The van der Waals surface area contributed by atoms with Crippen LogP contribution < -0.4 is 20.1 Å². The molecule has 4 rings (SSSR count). The number of fused-ring (bicyclic) bond motifs is 1. The Kier molecular flexibility index (Phi) is 9.27. The van der Waals surface area contributed by atoms with Crippen LogP contribution in [0, 0.1) is 0 Å². The zero-order chi connectivity index (χ0) is 20.6. The molecule has 1 atom stereocenters. The van der Waals surface area contributed by atoms with Crippen molar-refractivity contribution in [2.75, 3.05) is 39.9 Å². The van der Waals surface area contributed by atoms with Gasteiger partial charge in [0.2, 0.25) is 0 Å². The molecule has 7 heteroatoms. The van der Waals surface area contributed by atoms with Crippen molar-refractivity contribution < 1.29 is 9.47 Å². The maximum atomic E-state index is 5.80. The quantitative estimate of drug-likeness (QED) is 0.333. The first-order valence-corrected chi connectivity index (χ1v) is 11.0. The summed E-state index contributed by atoms with van der Waals surface area (Å²) in [6.45, 7) is 5.22. The standard InChI is InChI=1S/C24H32N4O2.HI/c1-25-24(26-17-19-10-11-22-23(16-19)30-15-7-14-29-22)27-18-21(28-12-5-6-13-28)20-8-3-2-4-9-20;/h2-4,8-11,16,21H,5-7,12-15,17-18H2,1H3,(H2,25,26,27);1H. The Morgan fingerprint density at radius 1 is 0.968 bits per heavy atom. The number of likely N-dealkylation sites (tertiary alicyclic amines) is 1. The van der Waals surface area contributed by atoms with Crippen LogP contribution in [0.3, 0.4) is 0 Å². The van der Waals surface area contributed by atoms with Crippen LogP contribution in [-0.4, -0.2) is 50.8 Å². The number of halogens is 1. The largest absolute Gasteiger partial charge is 0.490 e. The average Bonchev–Trinajstić information content (AvgIpc) is 3.21. The van der Waals surface area contributed by atoms with Crippen LogP contribution in [0.25, 0.3) is 0 Å². The number of nitrogens with one attached hydrogen (secondary N) is 2. The van der Waals surface area contributed by atoms with E-state index in [0.717, 1.165) is 49.1 Å². The lowest BCUT2D eigenvalue weighted by Gasteiger charge is -2.29. The van der Waals surface area contributed by atoms with E-state index in [4.69, 9.17) is 9.47 Å². The first-order valence-electron chi connectivity index (χ1n) is 11.0. The number of guanidine groups is 1. The topological polar surface area (TPSA) is 58.1 Å². The monoisotopic (exact) mass is 536 g/mol. The predicted octanol–water partition coefficient (Wildman–Crippen LogP) is 3.97. The minimum atomic E-state index is 0. The third kappa shape index (κ3) is 6.49. The van der Waals surface area contributed by atoms with Crippen molar-refractivity contribution in [2.45, 2.75) is 31.8 Å². The van der Waals surface area contributed by atoms with Crippen LogP contribution in [0.5, 0.6) is 11.5 Å². The molecule has 31 heavy (non-hydrogen) atoms. The van der Waals surface area contributed by atoms with E-state index in [0.29, 0.717) is 25.8 Å². The normalized spacial score (nSPS) is 17.4. The lowest BCUT2D eigenvalue weighted by Crippen LogP contribution is -2.42. The summed E-state index contributed by atoms with van der Waals surface area (Å²) in [4.78, 5) is 6.99. The van der Waals surface area contributed by atoms with Crippen LogP contribution in [0.15, 0.2) is 53.5 Å². The van der Waals surface area contributed by atoms with Gasteiger partial charge in [-0.15, -0.1) is 24.0 Å². The van der Waals surface area contributed by atoms with Crippen LogP contribution in [0.1, 0.15) is 36.4 Å². The van der Waals surface area contributed by atoms with E-state index in [1.807, 2.05) is 13.1 Å².